The standard InChI is InChI=1S/C54H35NO/c1-3-16-42-36(13-1)15-11-22-43(42)37-27-31-40(32-28-37)55(41-33-29-38(30-34-41)45-23-12-24-50-49-21-8-10-26-53(49)56-54(45)50)52-25-9-7-20-48(52)51-35-39-14-2-4-17-44(39)46-18-5-6-19-47(46)51/h1-35H. The molecule has 1 aromatic heterocycles. The Hall–Kier alpha value is -7.42. The van der Waals surface area contributed by atoms with E-state index in [1.54, 1.807) is 0 Å². The van der Waals surface area contributed by atoms with Crippen LogP contribution in [-0.2, 0) is 0 Å². The van der Waals surface area contributed by atoms with E-state index in [9.17, 15) is 0 Å². The molecular weight excluding hydrogens is 679 g/mol. The largest absolute Gasteiger partial charge is 0.455 e. The molecular formula is C54H35NO. The number of para-hydroxylation sites is 3. The summed E-state index contributed by atoms with van der Waals surface area (Å²) in [6.45, 7) is 0. The monoisotopic (exact) mass is 713 g/mol. The summed E-state index contributed by atoms with van der Waals surface area (Å²) < 4.78 is 6.45. The van der Waals surface area contributed by atoms with Crippen LogP contribution in [0, 0.1) is 0 Å². The highest BCUT2D eigenvalue weighted by Crippen LogP contribution is 2.45. The van der Waals surface area contributed by atoms with Gasteiger partial charge < -0.3 is 9.32 Å². The van der Waals surface area contributed by atoms with Crippen LogP contribution >= 0.6 is 0 Å². The number of hydrogen-bond donors (Lipinski definition) is 0. The normalized spacial score (nSPS) is 11.6. The van der Waals surface area contributed by atoms with Gasteiger partial charge in [0, 0.05) is 33.3 Å². The molecule has 0 fully saturated rings. The Morgan fingerprint density at radius 1 is 0.304 bits per heavy atom. The van der Waals surface area contributed by atoms with Crippen molar-refractivity contribution in [3.05, 3.63) is 212 Å². The topological polar surface area (TPSA) is 16.4 Å². The van der Waals surface area contributed by atoms with E-state index in [1.165, 1.54) is 54.6 Å². The first-order valence-corrected chi connectivity index (χ1v) is 19.2. The molecule has 11 rings (SSSR count). The van der Waals surface area contributed by atoms with E-state index in [0.29, 0.717) is 0 Å². The summed E-state index contributed by atoms with van der Waals surface area (Å²) in [6, 6.07) is 76.5. The van der Waals surface area contributed by atoms with Crippen LogP contribution in [0.2, 0.25) is 0 Å². The first kappa shape index (κ1) is 32.0. The average Bonchev–Trinajstić information content (AvgIpc) is 3.66. The van der Waals surface area contributed by atoms with Crippen LogP contribution in [-0.4, -0.2) is 0 Å². The predicted octanol–water partition coefficient (Wildman–Crippen LogP) is 15.5. The Morgan fingerprint density at radius 2 is 0.821 bits per heavy atom. The summed E-state index contributed by atoms with van der Waals surface area (Å²) in [5.74, 6) is 0. The first-order chi connectivity index (χ1) is 27.8. The minimum Gasteiger partial charge on any atom is -0.455 e. The number of anilines is 3. The molecule has 0 atom stereocenters. The molecule has 0 aliphatic rings. The van der Waals surface area contributed by atoms with Crippen molar-refractivity contribution in [3.63, 3.8) is 0 Å². The number of rotatable bonds is 6. The molecule has 0 N–H and O–H groups in total. The fourth-order valence-corrected chi connectivity index (χ4v) is 8.63. The lowest BCUT2D eigenvalue weighted by atomic mass is 9.92. The van der Waals surface area contributed by atoms with E-state index in [4.69, 9.17) is 4.42 Å². The van der Waals surface area contributed by atoms with Crippen molar-refractivity contribution in [1.29, 1.82) is 0 Å². The van der Waals surface area contributed by atoms with Crippen LogP contribution < -0.4 is 4.90 Å². The molecule has 262 valence electrons. The van der Waals surface area contributed by atoms with E-state index < -0.39 is 0 Å². The van der Waals surface area contributed by atoms with Crippen LogP contribution in [0.5, 0.6) is 0 Å². The lowest BCUT2D eigenvalue weighted by molar-refractivity contribution is 0.670. The summed E-state index contributed by atoms with van der Waals surface area (Å²) in [4.78, 5) is 2.40. The second-order valence-corrected chi connectivity index (χ2v) is 14.4. The molecule has 2 heteroatoms. The molecule has 1 heterocycles. The fourth-order valence-electron chi connectivity index (χ4n) is 8.63. The quantitative estimate of drug-likeness (QED) is 0.160. The Kier molecular flexibility index (Phi) is 7.53. The molecule has 0 aliphatic carbocycles. The fraction of sp³-hybridized carbons (Fsp3) is 0. The number of hydrogen-bond acceptors (Lipinski definition) is 2. The van der Waals surface area contributed by atoms with Gasteiger partial charge in [-0.25, -0.2) is 0 Å². The molecule has 0 amide bonds. The third kappa shape index (κ3) is 5.26. The predicted molar refractivity (Wildman–Crippen MR) is 237 cm³/mol. The zero-order chi connectivity index (χ0) is 37.0. The minimum absolute atomic E-state index is 0.905. The number of furan rings is 1. The summed E-state index contributed by atoms with van der Waals surface area (Å²) in [7, 11) is 0. The molecule has 0 saturated carbocycles. The third-order valence-corrected chi connectivity index (χ3v) is 11.3. The van der Waals surface area contributed by atoms with E-state index in [0.717, 1.165) is 50.1 Å². The van der Waals surface area contributed by atoms with Gasteiger partial charge in [0.2, 0.25) is 0 Å². The molecule has 0 unspecified atom stereocenters. The van der Waals surface area contributed by atoms with Gasteiger partial charge in [0.15, 0.2) is 0 Å². The molecule has 0 aliphatic heterocycles. The molecule has 0 bridgehead atoms. The smallest absolute Gasteiger partial charge is 0.143 e. The van der Waals surface area contributed by atoms with Crippen molar-refractivity contribution in [2.75, 3.05) is 4.90 Å². The average molecular weight is 714 g/mol. The van der Waals surface area contributed by atoms with Crippen molar-refractivity contribution in [3.8, 4) is 33.4 Å². The van der Waals surface area contributed by atoms with E-state index >= 15 is 0 Å². The molecule has 10 aromatic carbocycles. The second-order valence-electron chi connectivity index (χ2n) is 14.4. The zero-order valence-corrected chi connectivity index (χ0v) is 30.6. The molecule has 0 saturated heterocycles. The van der Waals surface area contributed by atoms with E-state index in [1.807, 2.05) is 12.1 Å². The lowest BCUT2D eigenvalue weighted by Gasteiger charge is -2.28. The summed E-state index contributed by atoms with van der Waals surface area (Å²) in [5, 5.41) is 9.74. The second kappa shape index (κ2) is 13.2. The Morgan fingerprint density at radius 3 is 1.61 bits per heavy atom. The van der Waals surface area contributed by atoms with Gasteiger partial charge in [0.1, 0.15) is 11.2 Å². The highest BCUT2D eigenvalue weighted by Gasteiger charge is 2.20. The van der Waals surface area contributed by atoms with Crippen LogP contribution in [0.3, 0.4) is 0 Å². The van der Waals surface area contributed by atoms with Gasteiger partial charge in [-0.3, -0.25) is 0 Å². The number of fused-ring (bicyclic) bond motifs is 7. The SMILES string of the molecule is c1ccc(N(c2ccc(-c3cccc4ccccc34)cc2)c2ccc(-c3cccc4c3oc3ccccc34)cc2)c(-c2cc3ccccc3c3ccccc23)c1. The van der Waals surface area contributed by atoms with Crippen molar-refractivity contribution in [1.82, 2.24) is 0 Å². The minimum atomic E-state index is 0.905. The van der Waals surface area contributed by atoms with Crippen LogP contribution in [0.1, 0.15) is 0 Å². The zero-order valence-electron chi connectivity index (χ0n) is 30.6. The lowest BCUT2D eigenvalue weighted by Crippen LogP contribution is -2.11. The van der Waals surface area contributed by atoms with Gasteiger partial charge in [-0.1, -0.05) is 170 Å². The summed E-state index contributed by atoms with van der Waals surface area (Å²) in [5.41, 5.74) is 12.1. The van der Waals surface area contributed by atoms with Gasteiger partial charge in [-0.05, 0) is 97.0 Å². The van der Waals surface area contributed by atoms with Crippen LogP contribution in [0.15, 0.2) is 217 Å². The summed E-state index contributed by atoms with van der Waals surface area (Å²) >= 11 is 0. The van der Waals surface area contributed by atoms with Crippen molar-refractivity contribution in [2.24, 2.45) is 0 Å². The van der Waals surface area contributed by atoms with Gasteiger partial charge in [0.25, 0.3) is 0 Å². The van der Waals surface area contributed by atoms with Crippen molar-refractivity contribution >= 4 is 71.3 Å². The number of benzene rings is 10. The van der Waals surface area contributed by atoms with Gasteiger partial charge in [-0.2, -0.15) is 0 Å². The van der Waals surface area contributed by atoms with Crippen molar-refractivity contribution in [2.45, 2.75) is 0 Å². The van der Waals surface area contributed by atoms with Crippen LogP contribution in [0.25, 0.3) is 87.6 Å². The highest BCUT2D eigenvalue weighted by molar-refractivity contribution is 6.15. The molecule has 11 aromatic rings. The summed E-state index contributed by atoms with van der Waals surface area (Å²) in [6.07, 6.45) is 0. The highest BCUT2D eigenvalue weighted by atomic mass is 16.3. The Balaban J connectivity index is 1.09. The molecule has 0 radical (unpaired) electrons. The maximum atomic E-state index is 6.45. The molecule has 2 nitrogen and oxygen atoms in total. The van der Waals surface area contributed by atoms with Crippen LogP contribution in [0.4, 0.5) is 17.1 Å². The third-order valence-electron chi connectivity index (χ3n) is 11.3. The maximum absolute atomic E-state index is 6.45. The van der Waals surface area contributed by atoms with E-state index in [2.05, 4.69) is 205 Å². The van der Waals surface area contributed by atoms with Gasteiger partial charge in [0.05, 0.1) is 5.69 Å². The van der Waals surface area contributed by atoms with Crippen molar-refractivity contribution < 1.29 is 4.42 Å². The van der Waals surface area contributed by atoms with E-state index in [-0.39, 0.29) is 0 Å². The van der Waals surface area contributed by atoms with Gasteiger partial charge >= 0.3 is 0 Å². The first-order valence-electron chi connectivity index (χ1n) is 19.2. The number of nitrogens with zero attached hydrogens (tertiary/aromatic N) is 1. The Labute approximate surface area is 325 Å². The molecule has 56 heavy (non-hydrogen) atoms. The maximum Gasteiger partial charge on any atom is 0.143 e. The Bertz CT molecular complexity index is 3240. The molecule has 0 spiro atoms. The van der Waals surface area contributed by atoms with Gasteiger partial charge in [-0.15, -0.1) is 0 Å².